The Morgan fingerprint density at radius 2 is 1.69 bits per heavy atom. The summed E-state index contributed by atoms with van der Waals surface area (Å²) in [5.41, 5.74) is 6.66. The number of nitrogens with one attached hydrogen (secondary N) is 1. The molecule has 0 unspecified atom stereocenters. The molecule has 2 rings (SSSR count). The van der Waals surface area contributed by atoms with E-state index >= 15 is 0 Å². The van der Waals surface area contributed by atoms with Gasteiger partial charge in [-0.15, -0.1) is 24.0 Å². The van der Waals surface area contributed by atoms with E-state index in [0.29, 0.717) is 38.7 Å². The molecule has 1 heterocycles. The summed E-state index contributed by atoms with van der Waals surface area (Å²) in [7, 11) is 0. The van der Waals surface area contributed by atoms with Crippen molar-refractivity contribution in [2.45, 2.75) is 32.8 Å². The Balaban J connectivity index is 0.00000420. The summed E-state index contributed by atoms with van der Waals surface area (Å²) in [6, 6.07) is 9.97. The van der Waals surface area contributed by atoms with Crippen LogP contribution >= 0.6 is 24.0 Å². The molecule has 0 aromatic heterocycles. The molecule has 1 aliphatic heterocycles. The average Bonchev–Trinajstić information content (AvgIpc) is 2.66. The van der Waals surface area contributed by atoms with Gasteiger partial charge in [-0.05, 0) is 32.8 Å². The first-order chi connectivity index (χ1) is 13.2. The highest BCUT2D eigenvalue weighted by atomic mass is 127. The van der Waals surface area contributed by atoms with E-state index in [1.807, 2.05) is 56.0 Å². The normalized spacial score (nSPS) is 14.8. The first-order valence-electron chi connectivity index (χ1n) is 9.58. The molecule has 0 bridgehead atoms. The van der Waals surface area contributed by atoms with Gasteiger partial charge in [0.15, 0.2) is 5.96 Å². The number of benzene rings is 1. The lowest BCUT2D eigenvalue weighted by molar-refractivity contribution is -0.119. The van der Waals surface area contributed by atoms with Gasteiger partial charge in [-0.25, -0.2) is 9.79 Å². The zero-order valence-electron chi connectivity index (χ0n) is 17.4. The van der Waals surface area contributed by atoms with E-state index in [0.717, 1.165) is 6.42 Å². The monoisotopic (exact) mass is 517 g/mol. The summed E-state index contributed by atoms with van der Waals surface area (Å²) in [6.45, 7) is 8.22. The number of nitrogens with zero attached hydrogens (tertiary/aromatic N) is 3. The molecule has 2 amide bonds. The first kappa shape index (κ1) is 25.0. The van der Waals surface area contributed by atoms with Crippen LogP contribution in [0.2, 0.25) is 0 Å². The van der Waals surface area contributed by atoms with Crippen molar-refractivity contribution in [1.29, 1.82) is 0 Å². The molecule has 1 aromatic rings. The van der Waals surface area contributed by atoms with Crippen LogP contribution in [0.5, 0.6) is 0 Å². The van der Waals surface area contributed by atoms with Crippen molar-refractivity contribution in [3.05, 3.63) is 35.9 Å². The smallest absolute Gasteiger partial charge is 0.410 e. The van der Waals surface area contributed by atoms with E-state index in [1.54, 1.807) is 4.90 Å². The number of rotatable bonds is 5. The number of aliphatic imine (C=N–C) groups is 1. The molecular weight excluding hydrogens is 485 g/mol. The lowest BCUT2D eigenvalue weighted by atomic mass is 10.1. The average molecular weight is 517 g/mol. The summed E-state index contributed by atoms with van der Waals surface area (Å²) in [5.74, 6) is 0.160. The lowest BCUT2D eigenvalue weighted by Gasteiger charge is -2.36. The third-order valence-corrected chi connectivity index (χ3v) is 4.22. The fourth-order valence-corrected chi connectivity index (χ4v) is 2.74. The van der Waals surface area contributed by atoms with Crippen LogP contribution in [-0.2, 0) is 16.0 Å². The van der Waals surface area contributed by atoms with Gasteiger partial charge in [0.05, 0.1) is 0 Å². The number of carbonyl (C=O) groups is 2. The maximum absolute atomic E-state index is 12.1. The van der Waals surface area contributed by atoms with Crippen molar-refractivity contribution in [3.63, 3.8) is 0 Å². The lowest BCUT2D eigenvalue weighted by Crippen LogP contribution is -2.53. The van der Waals surface area contributed by atoms with E-state index in [9.17, 15) is 9.59 Å². The molecule has 9 heteroatoms. The SMILES string of the molecule is CC(C)(C)OC(=O)N1CCN(C(N)=NCC(=O)NCCc2ccccc2)CC1.I. The first-order valence-corrected chi connectivity index (χ1v) is 9.58. The Kier molecular flexibility index (Phi) is 10.2. The molecule has 0 radical (unpaired) electrons. The van der Waals surface area contributed by atoms with Crippen molar-refractivity contribution in [2.75, 3.05) is 39.3 Å². The van der Waals surface area contributed by atoms with E-state index in [-0.39, 0.29) is 42.5 Å². The van der Waals surface area contributed by atoms with E-state index in [4.69, 9.17) is 10.5 Å². The van der Waals surface area contributed by atoms with E-state index < -0.39 is 5.60 Å². The number of ether oxygens (including phenoxy) is 1. The molecule has 0 saturated carbocycles. The number of guanidine groups is 1. The van der Waals surface area contributed by atoms with Crippen LogP contribution in [0.1, 0.15) is 26.3 Å². The molecule has 29 heavy (non-hydrogen) atoms. The fourth-order valence-electron chi connectivity index (χ4n) is 2.74. The molecule has 162 valence electrons. The van der Waals surface area contributed by atoms with Crippen molar-refractivity contribution in [1.82, 2.24) is 15.1 Å². The second kappa shape index (κ2) is 11.8. The van der Waals surface area contributed by atoms with Crippen LogP contribution in [0.25, 0.3) is 0 Å². The van der Waals surface area contributed by atoms with Crippen molar-refractivity contribution in [2.24, 2.45) is 10.7 Å². The van der Waals surface area contributed by atoms with Crippen molar-refractivity contribution in [3.8, 4) is 0 Å². The Hall–Kier alpha value is -2.04. The summed E-state index contributed by atoms with van der Waals surface area (Å²) < 4.78 is 5.38. The third-order valence-electron chi connectivity index (χ3n) is 4.22. The summed E-state index contributed by atoms with van der Waals surface area (Å²) in [6.07, 6.45) is 0.457. The third kappa shape index (κ3) is 9.33. The molecular formula is C20H32IN5O3. The predicted octanol–water partition coefficient (Wildman–Crippen LogP) is 1.83. The van der Waals surface area contributed by atoms with Gasteiger partial charge in [0.1, 0.15) is 12.1 Å². The van der Waals surface area contributed by atoms with Crippen LogP contribution in [-0.4, -0.2) is 72.6 Å². The minimum atomic E-state index is -0.511. The molecule has 1 saturated heterocycles. The molecule has 1 aliphatic rings. The number of hydrogen-bond acceptors (Lipinski definition) is 4. The highest BCUT2D eigenvalue weighted by Gasteiger charge is 2.26. The van der Waals surface area contributed by atoms with Crippen LogP contribution in [0, 0.1) is 0 Å². The number of piperazine rings is 1. The second-order valence-electron chi connectivity index (χ2n) is 7.71. The maximum atomic E-state index is 12.1. The molecule has 1 fully saturated rings. The Bertz CT molecular complexity index is 683. The molecule has 0 spiro atoms. The van der Waals surface area contributed by atoms with Gasteiger partial charge in [-0.2, -0.15) is 0 Å². The highest BCUT2D eigenvalue weighted by molar-refractivity contribution is 14.0. The number of halogens is 1. The number of nitrogens with two attached hydrogens (primary N) is 1. The van der Waals surface area contributed by atoms with Crippen LogP contribution in [0.4, 0.5) is 4.79 Å². The van der Waals surface area contributed by atoms with Gasteiger partial charge in [-0.1, -0.05) is 30.3 Å². The van der Waals surface area contributed by atoms with Gasteiger partial charge in [0.25, 0.3) is 0 Å². The zero-order chi connectivity index (χ0) is 20.6. The minimum absolute atomic E-state index is 0. The summed E-state index contributed by atoms with van der Waals surface area (Å²) in [4.78, 5) is 31.7. The van der Waals surface area contributed by atoms with E-state index in [2.05, 4.69) is 10.3 Å². The van der Waals surface area contributed by atoms with Gasteiger partial charge >= 0.3 is 6.09 Å². The van der Waals surface area contributed by atoms with Gasteiger partial charge in [0.2, 0.25) is 5.91 Å². The van der Waals surface area contributed by atoms with Gasteiger partial charge < -0.3 is 25.6 Å². The number of carbonyl (C=O) groups excluding carboxylic acids is 2. The van der Waals surface area contributed by atoms with E-state index in [1.165, 1.54) is 5.56 Å². The number of amides is 2. The molecule has 1 aromatic carbocycles. The molecule has 8 nitrogen and oxygen atoms in total. The topological polar surface area (TPSA) is 100 Å². The van der Waals surface area contributed by atoms with Gasteiger partial charge in [-0.3, -0.25) is 4.79 Å². The Morgan fingerprint density at radius 1 is 1.10 bits per heavy atom. The summed E-state index contributed by atoms with van der Waals surface area (Å²) in [5, 5.41) is 2.84. The van der Waals surface area contributed by atoms with Crippen LogP contribution in [0.3, 0.4) is 0 Å². The number of hydrogen-bond donors (Lipinski definition) is 2. The van der Waals surface area contributed by atoms with Gasteiger partial charge in [0, 0.05) is 32.7 Å². The fraction of sp³-hybridized carbons (Fsp3) is 0.550. The molecule has 3 N–H and O–H groups in total. The zero-order valence-corrected chi connectivity index (χ0v) is 19.7. The quantitative estimate of drug-likeness (QED) is 0.353. The van der Waals surface area contributed by atoms with Crippen LogP contribution < -0.4 is 11.1 Å². The Labute approximate surface area is 189 Å². The second-order valence-corrected chi connectivity index (χ2v) is 7.71. The largest absolute Gasteiger partial charge is 0.444 e. The standard InChI is InChI=1S/C20H31N5O3.HI/c1-20(2,3)28-19(27)25-13-11-24(12-14-25)18(21)23-15-17(26)22-10-9-16-7-5-4-6-8-16;/h4-8H,9-15H2,1-3H3,(H2,21,23)(H,22,26);1H. The maximum Gasteiger partial charge on any atom is 0.410 e. The van der Waals surface area contributed by atoms with Crippen LogP contribution in [0.15, 0.2) is 35.3 Å². The van der Waals surface area contributed by atoms with Crippen molar-refractivity contribution < 1.29 is 14.3 Å². The predicted molar refractivity (Wildman–Crippen MR) is 124 cm³/mol. The Morgan fingerprint density at radius 3 is 2.28 bits per heavy atom. The molecule has 0 aliphatic carbocycles. The summed E-state index contributed by atoms with van der Waals surface area (Å²) >= 11 is 0. The van der Waals surface area contributed by atoms with Crippen molar-refractivity contribution >= 4 is 41.9 Å². The minimum Gasteiger partial charge on any atom is -0.444 e. The highest BCUT2D eigenvalue weighted by Crippen LogP contribution is 2.11. The molecule has 0 atom stereocenters.